The second-order valence-electron chi connectivity index (χ2n) is 12.6. The van der Waals surface area contributed by atoms with E-state index in [4.69, 9.17) is 14.4 Å². The molecule has 50 heavy (non-hydrogen) atoms. The minimum absolute atomic E-state index is 0.423. The Morgan fingerprint density at radius 1 is 0.460 bits per heavy atom. The zero-order valence-electron chi connectivity index (χ0n) is 27.0. The number of nitrogens with one attached hydrogen (secondary N) is 1. The minimum atomic E-state index is -0.423. The number of para-hydroxylation sites is 4. The van der Waals surface area contributed by atoms with Gasteiger partial charge < -0.3 is 14.3 Å². The molecule has 0 bridgehead atoms. The van der Waals surface area contributed by atoms with E-state index in [1.54, 1.807) is 0 Å². The molecule has 0 aliphatic carbocycles. The summed E-state index contributed by atoms with van der Waals surface area (Å²) in [5.41, 5.74) is 10.4. The molecule has 10 rings (SSSR count). The van der Waals surface area contributed by atoms with E-state index in [9.17, 15) is 0 Å². The number of fused-ring (bicyclic) bond motifs is 6. The molecule has 7 aromatic carbocycles. The number of aromatic nitrogens is 1. The van der Waals surface area contributed by atoms with E-state index in [0.29, 0.717) is 0 Å². The molecule has 3 heterocycles. The number of nitrogens with zero attached hydrogens (tertiary/aromatic N) is 3. The summed E-state index contributed by atoms with van der Waals surface area (Å²) in [5, 5.41) is 8.22. The number of hydrogen-bond donors (Lipinski definition) is 1. The van der Waals surface area contributed by atoms with E-state index >= 15 is 0 Å². The summed E-state index contributed by atoms with van der Waals surface area (Å²) in [7, 11) is 0. The van der Waals surface area contributed by atoms with Gasteiger partial charge in [-0.05, 0) is 53.1 Å². The molecule has 5 nitrogen and oxygen atoms in total. The van der Waals surface area contributed by atoms with Gasteiger partial charge in [0.15, 0.2) is 6.17 Å². The maximum Gasteiger partial charge on any atom is 0.169 e. The lowest BCUT2D eigenvalue weighted by Gasteiger charge is -2.22. The van der Waals surface area contributed by atoms with Gasteiger partial charge in [-0.3, -0.25) is 0 Å². The first-order valence-corrected chi connectivity index (χ1v) is 16.9. The molecule has 5 heteroatoms. The van der Waals surface area contributed by atoms with E-state index in [2.05, 4.69) is 143 Å². The molecule has 9 aromatic rings. The Morgan fingerprint density at radius 3 is 1.76 bits per heavy atom. The second kappa shape index (κ2) is 11.5. The lowest BCUT2D eigenvalue weighted by Crippen LogP contribution is -2.36. The van der Waals surface area contributed by atoms with Gasteiger partial charge in [0.1, 0.15) is 22.8 Å². The molecule has 236 valence electrons. The van der Waals surface area contributed by atoms with Crippen LogP contribution in [-0.2, 0) is 0 Å². The van der Waals surface area contributed by atoms with Gasteiger partial charge in [-0.2, -0.15) is 0 Å². The van der Waals surface area contributed by atoms with Crippen LogP contribution in [0.15, 0.2) is 184 Å². The van der Waals surface area contributed by atoms with Crippen molar-refractivity contribution in [2.24, 2.45) is 9.98 Å². The van der Waals surface area contributed by atoms with E-state index in [-0.39, 0.29) is 0 Å². The van der Waals surface area contributed by atoms with Gasteiger partial charge in [0.25, 0.3) is 0 Å². The molecule has 0 radical (unpaired) electrons. The lowest BCUT2D eigenvalue weighted by molar-refractivity contribution is 0.667. The molecule has 1 atom stereocenters. The van der Waals surface area contributed by atoms with Crippen LogP contribution in [0, 0.1) is 0 Å². The fraction of sp³-hybridized carbons (Fsp3) is 0.0222. The van der Waals surface area contributed by atoms with Gasteiger partial charge in [-0.1, -0.05) is 133 Å². The van der Waals surface area contributed by atoms with Crippen molar-refractivity contribution in [3.8, 4) is 16.8 Å². The summed E-state index contributed by atoms with van der Waals surface area (Å²) in [5.74, 6) is 1.51. The second-order valence-corrected chi connectivity index (χ2v) is 12.6. The molecule has 1 aliphatic rings. The topological polar surface area (TPSA) is 54.8 Å². The largest absolute Gasteiger partial charge is 0.455 e. The van der Waals surface area contributed by atoms with Crippen LogP contribution < -0.4 is 5.32 Å². The molecular weight excluding hydrogens is 613 g/mol. The van der Waals surface area contributed by atoms with Crippen molar-refractivity contribution in [2.45, 2.75) is 6.17 Å². The highest BCUT2D eigenvalue weighted by Gasteiger charge is 2.23. The third kappa shape index (κ3) is 4.63. The smallest absolute Gasteiger partial charge is 0.169 e. The van der Waals surface area contributed by atoms with Crippen LogP contribution in [0.25, 0.3) is 60.6 Å². The van der Waals surface area contributed by atoms with Gasteiger partial charge in [0.05, 0.1) is 16.6 Å². The van der Waals surface area contributed by atoms with Crippen molar-refractivity contribution in [3.05, 3.63) is 187 Å². The molecule has 0 fully saturated rings. The fourth-order valence-corrected chi connectivity index (χ4v) is 7.26. The van der Waals surface area contributed by atoms with Gasteiger partial charge in [-0.25, -0.2) is 9.98 Å². The highest BCUT2D eigenvalue weighted by Crippen LogP contribution is 2.35. The van der Waals surface area contributed by atoms with E-state index in [1.165, 1.54) is 21.8 Å². The predicted molar refractivity (Wildman–Crippen MR) is 205 cm³/mol. The lowest BCUT2D eigenvalue weighted by atomic mass is 10.0. The summed E-state index contributed by atoms with van der Waals surface area (Å²) >= 11 is 0. The molecule has 0 saturated carbocycles. The van der Waals surface area contributed by atoms with Crippen molar-refractivity contribution in [1.29, 1.82) is 0 Å². The Bertz CT molecular complexity index is 2720. The maximum absolute atomic E-state index is 6.40. The minimum Gasteiger partial charge on any atom is -0.455 e. The Labute approximate surface area is 288 Å². The normalized spacial score (nSPS) is 14.6. The number of aliphatic imine (C=N–C) groups is 2. The Morgan fingerprint density at radius 2 is 1.04 bits per heavy atom. The van der Waals surface area contributed by atoms with Crippen LogP contribution in [0.1, 0.15) is 22.9 Å². The SMILES string of the molecule is c1ccc(C2=NC(c3ccc(-c4ccc(-n5c6ccccc6c6ccccc65)cc4)cc3)N=C(c3cccc4c3oc3ccccc34)N2)cc1. The molecule has 0 spiro atoms. The Balaban J connectivity index is 1.01. The average molecular weight is 643 g/mol. The van der Waals surface area contributed by atoms with Crippen LogP contribution in [0.5, 0.6) is 0 Å². The van der Waals surface area contributed by atoms with Crippen LogP contribution in [-0.4, -0.2) is 16.2 Å². The molecule has 1 unspecified atom stereocenters. The Hall–Kier alpha value is -6.72. The highest BCUT2D eigenvalue weighted by molar-refractivity contribution is 6.21. The summed E-state index contributed by atoms with van der Waals surface area (Å²) in [6, 6.07) is 59.2. The van der Waals surface area contributed by atoms with Gasteiger partial charge in [-0.15, -0.1) is 0 Å². The predicted octanol–water partition coefficient (Wildman–Crippen LogP) is 10.8. The average Bonchev–Trinajstić information content (AvgIpc) is 3.74. The maximum atomic E-state index is 6.40. The first-order chi connectivity index (χ1) is 24.8. The number of rotatable bonds is 5. The zero-order valence-corrected chi connectivity index (χ0v) is 27.0. The van der Waals surface area contributed by atoms with Gasteiger partial charge in [0.2, 0.25) is 0 Å². The van der Waals surface area contributed by atoms with Crippen molar-refractivity contribution in [3.63, 3.8) is 0 Å². The third-order valence-corrected chi connectivity index (χ3v) is 9.69. The summed E-state index contributed by atoms with van der Waals surface area (Å²) < 4.78 is 8.74. The first-order valence-electron chi connectivity index (χ1n) is 16.9. The number of amidine groups is 2. The summed E-state index contributed by atoms with van der Waals surface area (Å²) in [6.45, 7) is 0. The standard InChI is InChI=1S/C45H30N4O/c1-2-11-31(12-3-1)43-46-44(48-45(47-43)38-17-10-16-37-36-15-6-9-20-41(36)50-42(37)38)32-23-21-29(22-24-32)30-25-27-33(28-26-30)49-39-18-7-4-13-34(39)35-14-5-8-19-40(35)49/h1-28,44H,(H,46,47,48). The van der Waals surface area contributed by atoms with Crippen molar-refractivity contribution >= 4 is 55.4 Å². The van der Waals surface area contributed by atoms with Crippen LogP contribution in [0.2, 0.25) is 0 Å². The van der Waals surface area contributed by atoms with E-state index in [0.717, 1.165) is 67.1 Å². The molecule has 0 saturated heterocycles. The summed E-state index contributed by atoms with van der Waals surface area (Å²) in [4.78, 5) is 10.3. The quantitative estimate of drug-likeness (QED) is 0.203. The van der Waals surface area contributed by atoms with Crippen molar-refractivity contribution in [2.75, 3.05) is 0 Å². The van der Waals surface area contributed by atoms with E-state index in [1.807, 2.05) is 36.4 Å². The molecular formula is C45H30N4O. The molecule has 1 aliphatic heterocycles. The fourth-order valence-electron chi connectivity index (χ4n) is 7.26. The number of hydrogen-bond acceptors (Lipinski definition) is 4. The van der Waals surface area contributed by atoms with Crippen LogP contribution in [0.4, 0.5) is 0 Å². The molecule has 0 amide bonds. The van der Waals surface area contributed by atoms with E-state index < -0.39 is 6.17 Å². The number of benzene rings is 7. The first kappa shape index (κ1) is 28.3. The van der Waals surface area contributed by atoms with Crippen molar-refractivity contribution < 1.29 is 4.42 Å². The van der Waals surface area contributed by atoms with Crippen LogP contribution in [0.3, 0.4) is 0 Å². The molecule has 1 N–H and O–H groups in total. The monoisotopic (exact) mass is 642 g/mol. The third-order valence-electron chi connectivity index (χ3n) is 9.69. The molecule has 2 aromatic heterocycles. The van der Waals surface area contributed by atoms with Crippen molar-refractivity contribution in [1.82, 2.24) is 9.88 Å². The summed E-state index contributed by atoms with van der Waals surface area (Å²) in [6.07, 6.45) is -0.423. The zero-order chi connectivity index (χ0) is 33.0. The van der Waals surface area contributed by atoms with Gasteiger partial charge >= 0.3 is 0 Å². The Kier molecular flexibility index (Phi) is 6.49. The van der Waals surface area contributed by atoms with Gasteiger partial charge in [0, 0.05) is 32.8 Å². The highest BCUT2D eigenvalue weighted by atomic mass is 16.3. The van der Waals surface area contributed by atoms with Crippen LogP contribution >= 0.6 is 0 Å². The number of furan rings is 1.